The molecule has 0 aliphatic carbocycles. The molecule has 0 saturated carbocycles. The zero-order valence-electron chi connectivity index (χ0n) is 10.4. The molecule has 0 bridgehead atoms. The normalized spacial score (nSPS) is 13.2. The molecule has 0 heterocycles. The van der Waals surface area contributed by atoms with E-state index in [-0.39, 0.29) is 0 Å². The Morgan fingerprint density at radius 1 is 0.800 bits per heavy atom. The van der Waals surface area contributed by atoms with Crippen molar-refractivity contribution in [3.05, 3.63) is 54.6 Å². The second-order valence-electron chi connectivity index (χ2n) is 4.81. The van der Waals surface area contributed by atoms with E-state index in [1.165, 1.54) is 16.2 Å². The van der Waals surface area contributed by atoms with E-state index >= 15 is 0 Å². The summed E-state index contributed by atoms with van der Waals surface area (Å²) in [7, 11) is 0. The first-order chi connectivity index (χ1) is 9.74. The van der Waals surface area contributed by atoms with Gasteiger partial charge in [-0.3, -0.25) is 4.21 Å². The lowest BCUT2D eigenvalue weighted by Crippen LogP contribution is -2.02. The Bertz CT molecular complexity index is 949. The molecule has 0 saturated heterocycles. The Morgan fingerprint density at radius 3 is 2.10 bits per heavy atom. The number of benzene rings is 4. The third-order valence-corrected chi connectivity index (χ3v) is 4.11. The van der Waals surface area contributed by atoms with E-state index in [1.807, 2.05) is 24.3 Å². The molecule has 0 spiro atoms. The highest BCUT2D eigenvalue weighted by molar-refractivity contribution is 7.80. The van der Waals surface area contributed by atoms with Gasteiger partial charge in [-0.05, 0) is 33.0 Å². The molecule has 4 heteroatoms. The summed E-state index contributed by atoms with van der Waals surface area (Å²) >= 11 is -2.32. The SMILES string of the molecule is O=S([O-])Nc1ccc2ccc3cccc4ccc1c2c34. The first kappa shape index (κ1) is 11.6. The van der Waals surface area contributed by atoms with Gasteiger partial charge in [0.2, 0.25) is 0 Å². The second-order valence-corrected chi connectivity index (χ2v) is 5.48. The van der Waals surface area contributed by atoms with Gasteiger partial charge in [-0.2, -0.15) is 0 Å². The van der Waals surface area contributed by atoms with E-state index in [4.69, 9.17) is 0 Å². The van der Waals surface area contributed by atoms with Gasteiger partial charge in [0.25, 0.3) is 0 Å². The van der Waals surface area contributed by atoms with E-state index in [2.05, 4.69) is 29.0 Å². The Kier molecular flexibility index (Phi) is 2.42. The van der Waals surface area contributed by atoms with Crippen molar-refractivity contribution < 1.29 is 8.76 Å². The summed E-state index contributed by atoms with van der Waals surface area (Å²) in [4.78, 5) is 0. The molecule has 1 unspecified atom stereocenters. The van der Waals surface area contributed by atoms with Crippen LogP contribution in [0, 0.1) is 0 Å². The molecule has 1 atom stereocenters. The summed E-state index contributed by atoms with van der Waals surface area (Å²) in [6, 6.07) is 18.1. The van der Waals surface area contributed by atoms with Gasteiger partial charge in [0.05, 0.1) is 5.69 Å². The molecule has 20 heavy (non-hydrogen) atoms. The van der Waals surface area contributed by atoms with Crippen molar-refractivity contribution >= 4 is 49.3 Å². The van der Waals surface area contributed by atoms with Crippen LogP contribution in [0.25, 0.3) is 32.3 Å². The number of nitrogens with one attached hydrogen (secondary N) is 1. The maximum absolute atomic E-state index is 10.9. The average Bonchev–Trinajstić information content (AvgIpc) is 2.46. The van der Waals surface area contributed by atoms with Crippen LogP contribution < -0.4 is 4.72 Å². The minimum atomic E-state index is -2.32. The number of hydrogen-bond donors (Lipinski definition) is 1. The van der Waals surface area contributed by atoms with E-state index in [0.29, 0.717) is 5.69 Å². The molecular weight excluding hydrogens is 270 g/mol. The maximum atomic E-state index is 10.9. The fourth-order valence-electron chi connectivity index (χ4n) is 2.91. The van der Waals surface area contributed by atoms with Crippen LogP contribution in [-0.4, -0.2) is 8.76 Å². The Morgan fingerprint density at radius 2 is 1.40 bits per heavy atom. The molecule has 0 fully saturated rings. The van der Waals surface area contributed by atoms with Crippen molar-refractivity contribution in [1.82, 2.24) is 0 Å². The van der Waals surface area contributed by atoms with Gasteiger partial charge in [0, 0.05) is 16.7 Å². The smallest absolute Gasteiger partial charge is 0.0531 e. The van der Waals surface area contributed by atoms with Crippen molar-refractivity contribution in [1.29, 1.82) is 0 Å². The molecule has 3 nitrogen and oxygen atoms in total. The van der Waals surface area contributed by atoms with Crippen LogP contribution in [0.5, 0.6) is 0 Å². The standard InChI is InChI=1S/C16H11NO2S/c18-20(19)17-14-9-7-12-5-4-10-2-1-3-11-6-8-13(14)16(12)15(10)11/h1-9,17H,(H,18,19)/p-1. The predicted octanol–water partition coefficient (Wildman–Crippen LogP) is 3.79. The van der Waals surface area contributed by atoms with Crippen LogP contribution in [0.4, 0.5) is 5.69 Å². The van der Waals surface area contributed by atoms with Gasteiger partial charge in [0.1, 0.15) is 0 Å². The van der Waals surface area contributed by atoms with E-state index in [1.54, 1.807) is 6.07 Å². The molecule has 0 aromatic heterocycles. The van der Waals surface area contributed by atoms with E-state index in [0.717, 1.165) is 16.2 Å². The van der Waals surface area contributed by atoms with Crippen LogP contribution in [0.15, 0.2) is 54.6 Å². The first-order valence-corrected chi connectivity index (χ1v) is 7.34. The van der Waals surface area contributed by atoms with E-state index in [9.17, 15) is 8.76 Å². The molecule has 0 aliphatic heterocycles. The van der Waals surface area contributed by atoms with Crippen molar-refractivity contribution in [2.24, 2.45) is 0 Å². The van der Waals surface area contributed by atoms with Gasteiger partial charge in [0.15, 0.2) is 0 Å². The molecule has 0 radical (unpaired) electrons. The van der Waals surface area contributed by atoms with Crippen molar-refractivity contribution in [2.45, 2.75) is 0 Å². The predicted molar refractivity (Wildman–Crippen MR) is 82.7 cm³/mol. The lowest BCUT2D eigenvalue weighted by Gasteiger charge is -2.15. The zero-order chi connectivity index (χ0) is 13.7. The lowest BCUT2D eigenvalue weighted by atomic mass is 9.94. The molecule has 0 amide bonds. The van der Waals surface area contributed by atoms with Crippen LogP contribution >= 0.6 is 0 Å². The summed E-state index contributed by atoms with van der Waals surface area (Å²) in [6.45, 7) is 0. The minimum Gasteiger partial charge on any atom is -0.755 e. The van der Waals surface area contributed by atoms with Crippen LogP contribution in [0.3, 0.4) is 0 Å². The number of hydrogen-bond acceptors (Lipinski definition) is 2. The molecule has 0 aliphatic rings. The summed E-state index contributed by atoms with van der Waals surface area (Å²) < 4.78 is 24.3. The summed E-state index contributed by atoms with van der Waals surface area (Å²) in [6.07, 6.45) is 0. The van der Waals surface area contributed by atoms with Crippen LogP contribution in [0.1, 0.15) is 0 Å². The highest BCUT2D eigenvalue weighted by atomic mass is 32.2. The largest absolute Gasteiger partial charge is 0.755 e. The second kappa shape index (κ2) is 4.16. The summed E-state index contributed by atoms with van der Waals surface area (Å²) in [5.41, 5.74) is 0.615. The zero-order valence-corrected chi connectivity index (χ0v) is 11.2. The monoisotopic (exact) mass is 280 g/mol. The highest BCUT2D eigenvalue weighted by Gasteiger charge is 2.10. The third-order valence-electron chi connectivity index (χ3n) is 3.72. The van der Waals surface area contributed by atoms with Crippen molar-refractivity contribution in [3.8, 4) is 0 Å². The number of anilines is 1. The first-order valence-electron chi connectivity index (χ1n) is 6.26. The van der Waals surface area contributed by atoms with Crippen LogP contribution in [-0.2, 0) is 11.3 Å². The van der Waals surface area contributed by atoms with Gasteiger partial charge < -0.3 is 9.27 Å². The van der Waals surface area contributed by atoms with Crippen LogP contribution in [0.2, 0.25) is 0 Å². The average molecular weight is 280 g/mol. The summed E-state index contributed by atoms with van der Waals surface area (Å²) in [5.74, 6) is 0. The molecule has 4 aromatic carbocycles. The lowest BCUT2D eigenvalue weighted by molar-refractivity contribution is 0.542. The quantitative estimate of drug-likeness (QED) is 0.448. The topological polar surface area (TPSA) is 52.2 Å². The van der Waals surface area contributed by atoms with Crippen molar-refractivity contribution in [3.63, 3.8) is 0 Å². The maximum Gasteiger partial charge on any atom is 0.0531 e. The van der Waals surface area contributed by atoms with Gasteiger partial charge in [-0.1, -0.05) is 48.5 Å². The summed E-state index contributed by atoms with van der Waals surface area (Å²) in [5, 5.41) is 6.67. The minimum absolute atomic E-state index is 0.615. The van der Waals surface area contributed by atoms with Gasteiger partial charge >= 0.3 is 0 Å². The molecule has 1 N–H and O–H groups in total. The molecule has 4 rings (SSSR count). The Labute approximate surface area is 118 Å². The van der Waals surface area contributed by atoms with Gasteiger partial charge in [-0.15, -0.1) is 0 Å². The third kappa shape index (κ3) is 1.59. The fraction of sp³-hybridized carbons (Fsp3) is 0. The highest BCUT2D eigenvalue weighted by Crippen LogP contribution is 2.37. The molecule has 98 valence electrons. The molecular formula is C16H10NO2S-. The molecule has 4 aromatic rings. The Balaban J connectivity index is 2.23. The van der Waals surface area contributed by atoms with Gasteiger partial charge in [-0.25, -0.2) is 0 Å². The number of rotatable bonds is 2. The Hall–Kier alpha value is -2.17. The van der Waals surface area contributed by atoms with E-state index < -0.39 is 11.3 Å². The van der Waals surface area contributed by atoms with Crippen molar-refractivity contribution in [2.75, 3.05) is 4.72 Å². The fourth-order valence-corrected chi connectivity index (χ4v) is 3.27.